The van der Waals surface area contributed by atoms with E-state index in [0.717, 1.165) is 10.8 Å². The largest absolute Gasteiger partial charge is 0.496 e. The highest BCUT2D eigenvalue weighted by atomic mass is 35.5. The van der Waals surface area contributed by atoms with Crippen molar-refractivity contribution in [1.29, 1.82) is 0 Å². The minimum Gasteiger partial charge on any atom is -0.496 e. The Bertz CT molecular complexity index is 747. The molecule has 0 aliphatic carbocycles. The van der Waals surface area contributed by atoms with Crippen LogP contribution in [0.15, 0.2) is 41.4 Å². The van der Waals surface area contributed by atoms with E-state index in [9.17, 15) is 4.79 Å². The summed E-state index contributed by atoms with van der Waals surface area (Å²) in [6.45, 7) is 0.451. The molecule has 0 aliphatic rings. The number of hydrogen-bond acceptors (Lipinski definition) is 4. The molecule has 0 saturated carbocycles. The van der Waals surface area contributed by atoms with Crippen LogP contribution in [0.3, 0.4) is 0 Å². The maximum absolute atomic E-state index is 12.2. The first kappa shape index (κ1) is 20.5. The van der Waals surface area contributed by atoms with Crippen LogP contribution in [-0.2, 0) is 4.79 Å². The highest BCUT2D eigenvalue weighted by molar-refractivity contribution is 5.99. The second-order valence-corrected chi connectivity index (χ2v) is 5.44. The molecule has 136 valence electrons. The summed E-state index contributed by atoms with van der Waals surface area (Å²) < 4.78 is 5.39. The van der Waals surface area contributed by atoms with Gasteiger partial charge in [0, 0.05) is 23.7 Å². The van der Waals surface area contributed by atoms with Gasteiger partial charge in [-0.25, -0.2) is 0 Å². The summed E-state index contributed by atoms with van der Waals surface area (Å²) in [5.41, 5.74) is 17.1. The average molecular weight is 366 g/mol. The fourth-order valence-corrected chi connectivity index (χ4v) is 2.40. The van der Waals surface area contributed by atoms with E-state index in [4.69, 9.17) is 21.9 Å². The van der Waals surface area contributed by atoms with E-state index in [1.807, 2.05) is 30.3 Å². The topological polar surface area (TPSA) is 129 Å². The molecular weight excluding hydrogens is 342 g/mol. The van der Waals surface area contributed by atoms with Crippen molar-refractivity contribution in [3.05, 3.63) is 36.4 Å². The third-order valence-corrected chi connectivity index (χ3v) is 3.62. The van der Waals surface area contributed by atoms with Crippen molar-refractivity contribution in [2.45, 2.75) is 18.9 Å². The van der Waals surface area contributed by atoms with E-state index in [0.29, 0.717) is 30.8 Å². The number of guanidine groups is 1. The number of carbonyl (C=O) groups excluding carboxylic acids is 1. The molecule has 7 N–H and O–H groups in total. The molecule has 0 spiro atoms. The first-order valence-corrected chi connectivity index (χ1v) is 7.70. The summed E-state index contributed by atoms with van der Waals surface area (Å²) in [5.74, 6) is 0.484. The van der Waals surface area contributed by atoms with E-state index in [2.05, 4.69) is 10.3 Å². The van der Waals surface area contributed by atoms with Gasteiger partial charge in [0.25, 0.3) is 0 Å². The van der Waals surface area contributed by atoms with Crippen LogP contribution in [-0.4, -0.2) is 31.6 Å². The van der Waals surface area contributed by atoms with Crippen molar-refractivity contribution in [1.82, 2.24) is 0 Å². The van der Waals surface area contributed by atoms with E-state index in [1.54, 1.807) is 13.2 Å². The minimum absolute atomic E-state index is 0. The SMILES string of the molecule is COc1cc(NC(=O)[C@@H](N)CCCN=C(N)N)cc2ccccc12.Cl. The lowest BCUT2D eigenvalue weighted by Crippen LogP contribution is -2.35. The molecule has 0 aliphatic heterocycles. The number of rotatable bonds is 7. The normalized spacial score (nSPS) is 11.3. The highest BCUT2D eigenvalue weighted by Gasteiger charge is 2.14. The number of halogens is 1. The zero-order chi connectivity index (χ0) is 17.5. The lowest BCUT2D eigenvalue weighted by atomic mass is 10.1. The van der Waals surface area contributed by atoms with Crippen LogP contribution >= 0.6 is 12.4 Å². The number of anilines is 1. The molecule has 2 aromatic carbocycles. The number of amides is 1. The number of nitrogens with zero attached hydrogens (tertiary/aromatic N) is 1. The zero-order valence-electron chi connectivity index (χ0n) is 14.1. The van der Waals surface area contributed by atoms with Gasteiger partial charge in [-0.15, -0.1) is 12.4 Å². The third-order valence-electron chi connectivity index (χ3n) is 3.62. The van der Waals surface area contributed by atoms with Crippen LogP contribution in [0.4, 0.5) is 5.69 Å². The van der Waals surface area contributed by atoms with E-state index < -0.39 is 6.04 Å². The lowest BCUT2D eigenvalue weighted by molar-refractivity contribution is -0.117. The van der Waals surface area contributed by atoms with Gasteiger partial charge < -0.3 is 27.3 Å². The Kier molecular flexibility index (Phi) is 7.97. The van der Waals surface area contributed by atoms with Gasteiger partial charge in [0.15, 0.2) is 5.96 Å². The molecule has 0 radical (unpaired) electrons. The summed E-state index contributed by atoms with van der Waals surface area (Å²) in [4.78, 5) is 16.1. The maximum Gasteiger partial charge on any atom is 0.241 e. The Morgan fingerprint density at radius 3 is 2.68 bits per heavy atom. The van der Waals surface area contributed by atoms with E-state index in [1.165, 1.54) is 0 Å². The number of nitrogens with one attached hydrogen (secondary N) is 1. The molecule has 1 amide bonds. The van der Waals surface area contributed by atoms with Crippen molar-refractivity contribution in [3.63, 3.8) is 0 Å². The van der Waals surface area contributed by atoms with Crippen molar-refractivity contribution in [2.24, 2.45) is 22.2 Å². The number of hydrogen-bond donors (Lipinski definition) is 4. The molecule has 0 fully saturated rings. The number of ether oxygens (including phenoxy) is 1. The number of fused-ring (bicyclic) bond motifs is 1. The molecule has 0 bridgehead atoms. The third kappa shape index (κ3) is 5.81. The van der Waals surface area contributed by atoms with Crippen LogP contribution in [0, 0.1) is 0 Å². The minimum atomic E-state index is -0.628. The van der Waals surface area contributed by atoms with Gasteiger partial charge in [0.05, 0.1) is 13.2 Å². The summed E-state index contributed by atoms with van der Waals surface area (Å²) >= 11 is 0. The fraction of sp³-hybridized carbons (Fsp3) is 0.294. The highest BCUT2D eigenvalue weighted by Crippen LogP contribution is 2.29. The van der Waals surface area contributed by atoms with Gasteiger partial charge in [-0.2, -0.15) is 0 Å². The van der Waals surface area contributed by atoms with Gasteiger partial charge in [0.1, 0.15) is 5.75 Å². The molecule has 8 heteroatoms. The van der Waals surface area contributed by atoms with Gasteiger partial charge in [-0.05, 0) is 24.3 Å². The summed E-state index contributed by atoms with van der Waals surface area (Å²) in [6, 6.07) is 10.8. The summed E-state index contributed by atoms with van der Waals surface area (Å²) in [7, 11) is 1.60. The Hall–Kier alpha value is -2.51. The second kappa shape index (κ2) is 9.71. The Morgan fingerprint density at radius 2 is 2.00 bits per heavy atom. The zero-order valence-corrected chi connectivity index (χ0v) is 14.9. The molecule has 1 atom stereocenters. The predicted octanol–water partition coefficient (Wildman–Crippen LogP) is 1.59. The van der Waals surface area contributed by atoms with Crippen molar-refractivity contribution in [2.75, 3.05) is 19.0 Å². The van der Waals surface area contributed by atoms with Crippen LogP contribution in [0.2, 0.25) is 0 Å². The van der Waals surface area contributed by atoms with E-state index >= 15 is 0 Å². The molecule has 2 aromatic rings. The van der Waals surface area contributed by atoms with E-state index in [-0.39, 0.29) is 24.3 Å². The van der Waals surface area contributed by atoms with Crippen LogP contribution < -0.4 is 27.3 Å². The van der Waals surface area contributed by atoms with Gasteiger partial charge in [-0.3, -0.25) is 9.79 Å². The maximum atomic E-state index is 12.2. The molecule has 0 aromatic heterocycles. The first-order chi connectivity index (χ1) is 11.5. The smallest absolute Gasteiger partial charge is 0.241 e. The molecule has 0 heterocycles. The molecule has 0 unspecified atom stereocenters. The van der Waals surface area contributed by atoms with Crippen molar-refractivity contribution in [3.8, 4) is 5.75 Å². The summed E-state index contributed by atoms with van der Waals surface area (Å²) in [6.07, 6.45) is 1.13. The van der Waals surface area contributed by atoms with Crippen molar-refractivity contribution >= 4 is 40.7 Å². The van der Waals surface area contributed by atoms with Crippen LogP contribution in [0.5, 0.6) is 5.75 Å². The molecule has 7 nitrogen and oxygen atoms in total. The number of aliphatic imine (C=N–C) groups is 1. The number of methoxy groups -OCH3 is 1. The van der Waals surface area contributed by atoms with Gasteiger partial charge in [-0.1, -0.05) is 24.3 Å². The quantitative estimate of drug-likeness (QED) is 0.336. The Labute approximate surface area is 153 Å². The predicted molar refractivity (Wildman–Crippen MR) is 104 cm³/mol. The van der Waals surface area contributed by atoms with Crippen LogP contribution in [0.1, 0.15) is 12.8 Å². The molecular formula is C17H24ClN5O2. The fourth-order valence-electron chi connectivity index (χ4n) is 2.40. The van der Waals surface area contributed by atoms with Gasteiger partial charge in [0.2, 0.25) is 5.91 Å². The number of nitrogens with two attached hydrogens (primary N) is 3. The Balaban J connectivity index is 0.00000312. The molecule has 0 saturated heterocycles. The monoisotopic (exact) mass is 365 g/mol. The lowest BCUT2D eigenvalue weighted by Gasteiger charge is -2.14. The molecule has 2 rings (SSSR count). The number of benzene rings is 2. The van der Waals surface area contributed by atoms with Crippen molar-refractivity contribution < 1.29 is 9.53 Å². The standard InChI is InChI=1S/C17H23N5O2.ClH/c1-24-15-10-12(9-11-5-2-3-6-13(11)15)22-16(23)14(18)7-4-8-21-17(19)20;/h2-3,5-6,9-10,14H,4,7-8,18H2,1H3,(H,22,23)(H4,19,20,21);1H/t14-;/m0./s1. The Morgan fingerprint density at radius 1 is 1.28 bits per heavy atom. The first-order valence-electron chi connectivity index (χ1n) is 7.70. The second-order valence-electron chi connectivity index (χ2n) is 5.44. The molecule has 25 heavy (non-hydrogen) atoms. The van der Waals surface area contributed by atoms with Gasteiger partial charge >= 0.3 is 0 Å². The summed E-state index contributed by atoms with van der Waals surface area (Å²) in [5, 5.41) is 4.79. The average Bonchev–Trinajstić information content (AvgIpc) is 2.57. The van der Waals surface area contributed by atoms with Crippen LogP contribution in [0.25, 0.3) is 10.8 Å². The number of carbonyl (C=O) groups is 1.